The first-order valence-corrected chi connectivity index (χ1v) is 9.34. The molecule has 1 spiro atoms. The number of piperidine rings is 1. The second-order valence-corrected chi connectivity index (χ2v) is 7.23. The van der Waals surface area contributed by atoms with Crippen molar-refractivity contribution in [1.82, 2.24) is 9.97 Å². The van der Waals surface area contributed by atoms with Crippen LogP contribution >= 0.6 is 0 Å². The molecule has 1 aromatic heterocycles. The lowest BCUT2D eigenvalue weighted by molar-refractivity contribution is -0.0211. The fourth-order valence-electron chi connectivity index (χ4n) is 4.09. The van der Waals surface area contributed by atoms with Gasteiger partial charge in [0.15, 0.2) is 0 Å². The molecule has 1 fully saturated rings. The Hall–Kier alpha value is -3.41. The molecule has 0 aliphatic carbocycles. The number of aromatic hydroxyl groups is 1. The number of phenolic OH excluding ortho intramolecular Hbond substituents is 1. The van der Waals surface area contributed by atoms with Crippen LogP contribution in [0.25, 0.3) is 11.3 Å². The van der Waals surface area contributed by atoms with Gasteiger partial charge in [-0.2, -0.15) is 0 Å². The van der Waals surface area contributed by atoms with Crippen molar-refractivity contribution in [3.8, 4) is 17.0 Å². The molecule has 0 unspecified atom stereocenters. The zero-order valence-electron chi connectivity index (χ0n) is 15.2. The molecule has 2 aromatic carbocycles. The van der Waals surface area contributed by atoms with Gasteiger partial charge in [0.1, 0.15) is 17.2 Å². The highest BCUT2D eigenvalue weighted by atomic mass is 16.6. The summed E-state index contributed by atoms with van der Waals surface area (Å²) in [5.41, 5.74) is 2.57. The molecule has 5 rings (SSSR count). The van der Waals surface area contributed by atoms with Crippen LogP contribution in [0.1, 0.15) is 28.8 Å². The summed E-state index contributed by atoms with van der Waals surface area (Å²) in [4.78, 5) is 23.5. The molecule has 1 N–H and O–H groups in total. The smallest absolute Gasteiger partial charge is 0.339 e. The Balaban J connectivity index is 1.35. The lowest BCUT2D eigenvalue weighted by Crippen LogP contribution is -2.43. The van der Waals surface area contributed by atoms with E-state index in [0.29, 0.717) is 31.5 Å². The summed E-state index contributed by atoms with van der Waals surface area (Å²) in [6, 6.07) is 14.8. The van der Waals surface area contributed by atoms with Crippen molar-refractivity contribution < 1.29 is 14.6 Å². The van der Waals surface area contributed by atoms with Gasteiger partial charge >= 0.3 is 5.97 Å². The van der Waals surface area contributed by atoms with Gasteiger partial charge in [0, 0.05) is 37.1 Å². The van der Waals surface area contributed by atoms with Crippen molar-refractivity contribution in [2.45, 2.75) is 18.4 Å². The van der Waals surface area contributed by atoms with E-state index in [1.807, 2.05) is 30.3 Å². The number of anilines is 1. The third-order valence-electron chi connectivity index (χ3n) is 5.60. The van der Waals surface area contributed by atoms with Gasteiger partial charge in [0.2, 0.25) is 0 Å². The molecule has 140 valence electrons. The van der Waals surface area contributed by atoms with E-state index < -0.39 is 5.60 Å². The fourth-order valence-corrected chi connectivity index (χ4v) is 4.09. The number of nitrogens with zero attached hydrogens (tertiary/aromatic N) is 3. The molecule has 2 aliphatic heterocycles. The van der Waals surface area contributed by atoms with Crippen LogP contribution in [-0.2, 0) is 10.3 Å². The highest BCUT2D eigenvalue weighted by molar-refractivity contribution is 5.95. The number of esters is 1. The maximum absolute atomic E-state index is 12.2. The van der Waals surface area contributed by atoms with E-state index in [0.717, 1.165) is 22.6 Å². The number of benzene rings is 2. The number of ether oxygens (including phenoxy) is 1. The summed E-state index contributed by atoms with van der Waals surface area (Å²) in [5.74, 6) is 0.659. The summed E-state index contributed by atoms with van der Waals surface area (Å²) in [5, 5.41) is 9.85. The highest BCUT2D eigenvalue weighted by Gasteiger charge is 2.47. The highest BCUT2D eigenvalue weighted by Crippen LogP contribution is 2.45. The van der Waals surface area contributed by atoms with Gasteiger partial charge in [0.05, 0.1) is 23.7 Å². The van der Waals surface area contributed by atoms with Gasteiger partial charge in [0.25, 0.3) is 0 Å². The molecular weight excluding hydrogens is 354 g/mol. The first-order chi connectivity index (χ1) is 13.6. The number of aromatic nitrogens is 2. The molecule has 0 atom stereocenters. The molecule has 6 nitrogen and oxygen atoms in total. The Morgan fingerprint density at radius 1 is 1.00 bits per heavy atom. The van der Waals surface area contributed by atoms with Crippen LogP contribution in [0.2, 0.25) is 0 Å². The summed E-state index contributed by atoms with van der Waals surface area (Å²) in [6.45, 7) is 1.39. The van der Waals surface area contributed by atoms with E-state index >= 15 is 0 Å². The van der Waals surface area contributed by atoms with E-state index in [1.54, 1.807) is 24.5 Å². The van der Waals surface area contributed by atoms with E-state index in [2.05, 4.69) is 14.9 Å². The number of carbonyl (C=O) groups is 1. The summed E-state index contributed by atoms with van der Waals surface area (Å²) < 4.78 is 5.76. The molecule has 3 aromatic rings. The fraction of sp³-hybridized carbons (Fsp3) is 0.227. The SMILES string of the molecule is O=C1OC2(CCN(c3cnc(-c4ccccc4)cn3)CC2)c2cc(O)ccc21. The third kappa shape index (κ3) is 2.69. The quantitative estimate of drug-likeness (QED) is 0.693. The van der Waals surface area contributed by atoms with Gasteiger partial charge in [-0.3, -0.25) is 4.98 Å². The first-order valence-electron chi connectivity index (χ1n) is 9.34. The van der Waals surface area contributed by atoms with Crippen molar-refractivity contribution in [1.29, 1.82) is 0 Å². The summed E-state index contributed by atoms with van der Waals surface area (Å²) >= 11 is 0. The minimum absolute atomic E-state index is 0.154. The van der Waals surface area contributed by atoms with Crippen LogP contribution in [0.15, 0.2) is 60.9 Å². The predicted molar refractivity (Wildman–Crippen MR) is 104 cm³/mol. The van der Waals surface area contributed by atoms with Crippen molar-refractivity contribution in [3.05, 3.63) is 72.1 Å². The Bertz CT molecular complexity index is 1030. The zero-order chi connectivity index (χ0) is 19.1. The molecule has 1 saturated heterocycles. The van der Waals surface area contributed by atoms with E-state index in [4.69, 9.17) is 4.74 Å². The maximum Gasteiger partial charge on any atom is 0.339 e. The van der Waals surface area contributed by atoms with Gasteiger partial charge in [-0.15, -0.1) is 0 Å². The second kappa shape index (κ2) is 6.34. The minimum atomic E-state index is -0.654. The Morgan fingerprint density at radius 3 is 2.50 bits per heavy atom. The van der Waals surface area contributed by atoms with Crippen LogP contribution in [-0.4, -0.2) is 34.1 Å². The largest absolute Gasteiger partial charge is 0.508 e. The van der Waals surface area contributed by atoms with Crippen LogP contribution < -0.4 is 4.90 Å². The number of phenols is 1. The monoisotopic (exact) mass is 373 g/mol. The molecule has 2 aliphatic rings. The normalized spacial score (nSPS) is 17.4. The lowest BCUT2D eigenvalue weighted by Gasteiger charge is -2.39. The van der Waals surface area contributed by atoms with Crippen LogP contribution in [0.3, 0.4) is 0 Å². The molecule has 3 heterocycles. The van der Waals surface area contributed by atoms with Gasteiger partial charge in [-0.05, 0) is 18.2 Å². The first kappa shape index (κ1) is 16.7. The van der Waals surface area contributed by atoms with Gasteiger partial charge in [-0.25, -0.2) is 9.78 Å². The lowest BCUT2D eigenvalue weighted by atomic mass is 9.83. The maximum atomic E-state index is 12.2. The zero-order valence-corrected chi connectivity index (χ0v) is 15.2. The topological polar surface area (TPSA) is 75.5 Å². The second-order valence-electron chi connectivity index (χ2n) is 7.23. The predicted octanol–water partition coefficient (Wildman–Crippen LogP) is 3.52. The van der Waals surface area contributed by atoms with E-state index in [-0.39, 0.29) is 11.7 Å². The Morgan fingerprint density at radius 2 is 1.79 bits per heavy atom. The number of carbonyl (C=O) groups excluding carboxylic acids is 1. The van der Waals surface area contributed by atoms with Crippen molar-refractivity contribution >= 4 is 11.8 Å². The number of fused-ring (bicyclic) bond motifs is 2. The molecule has 28 heavy (non-hydrogen) atoms. The van der Waals surface area contributed by atoms with Gasteiger partial charge < -0.3 is 14.7 Å². The van der Waals surface area contributed by atoms with E-state index in [1.165, 1.54) is 6.07 Å². The van der Waals surface area contributed by atoms with Crippen LogP contribution in [0.4, 0.5) is 5.82 Å². The average molecular weight is 373 g/mol. The number of rotatable bonds is 2. The Kier molecular flexibility index (Phi) is 3.79. The molecular formula is C22H19N3O3. The average Bonchev–Trinajstić information content (AvgIpc) is 3.00. The number of hydrogen-bond acceptors (Lipinski definition) is 6. The molecule has 0 saturated carbocycles. The molecule has 0 bridgehead atoms. The van der Waals surface area contributed by atoms with E-state index in [9.17, 15) is 9.90 Å². The Labute approximate surface area is 162 Å². The van der Waals surface area contributed by atoms with Crippen LogP contribution in [0, 0.1) is 0 Å². The summed E-state index contributed by atoms with van der Waals surface area (Å²) in [6.07, 6.45) is 4.88. The van der Waals surface area contributed by atoms with Crippen molar-refractivity contribution in [3.63, 3.8) is 0 Å². The molecule has 0 amide bonds. The number of hydrogen-bond donors (Lipinski definition) is 1. The minimum Gasteiger partial charge on any atom is -0.508 e. The third-order valence-corrected chi connectivity index (χ3v) is 5.60. The van der Waals surface area contributed by atoms with Crippen LogP contribution in [0.5, 0.6) is 5.75 Å². The molecule has 6 heteroatoms. The van der Waals surface area contributed by atoms with Crippen molar-refractivity contribution in [2.24, 2.45) is 0 Å². The summed E-state index contributed by atoms with van der Waals surface area (Å²) in [7, 11) is 0. The standard InChI is InChI=1S/C22H19N3O3/c26-16-6-7-17-18(12-16)22(28-21(17)27)8-10-25(11-9-22)20-14-23-19(13-24-20)15-4-2-1-3-5-15/h1-7,12-14,26H,8-11H2. The molecule has 0 radical (unpaired) electrons. The van der Waals surface area contributed by atoms with Gasteiger partial charge in [-0.1, -0.05) is 30.3 Å². The van der Waals surface area contributed by atoms with Crippen molar-refractivity contribution in [2.75, 3.05) is 18.0 Å².